The van der Waals surface area contributed by atoms with Crippen molar-refractivity contribution in [2.24, 2.45) is 0 Å². The van der Waals surface area contributed by atoms with E-state index in [1.807, 2.05) is 6.20 Å². The summed E-state index contributed by atoms with van der Waals surface area (Å²) in [4.78, 5) is 4.03. The molecule has 0 aliphatic heterocycles. The van der Waals surface area contributed by atoms with Crippen LogP contribution in [0.15, 0.2) is 18.5 Å². The first-order chi connectivity index (χ1) is 7.81. The van der Waals surface area contributed by atoms with Crippen LogP contribution in [-0.2, 0) is 4.74 Å². The van der Waals surface area contributed by atoms with Gasteiger partial charge in [-0.15, -0.1) is 0 Å². The van der Waals surface area contributed by atoms with Gasteiger partial charge in [0.05, 0.1) is 18.0 Å². The molecule has 0 unspecified atom stereocenters. The second-order valence-corrected chi connectivity index (χ2v) is 4.43. The number of pyridine rings is 1. The number of anilines is 1. The van der Waals surface area contributed by atoms with Crippen molar-refractivity contribution in [1.29, 1.82) is 0 Å². The van der Waals surface area contributed by atoms with Crippen molar-refractivity contribution in [3.8, 4) is 0 Å². The standard InChI is InChI=1S/C13H20N2O/c1-2-16-11-5-3-10(4-6-11)12-7-8-15-9-13(12)14/h7-11H,2-6,14H2,1H3. The summed E-state index contributed by atoms with van der Waals surface area (Å²) in [5.74, 6) is 0.597. The Morgan fingerprint density at radius 3 is 2.75 bits per heavy atom. The Kier molecular flexibility index (Phi) is 3.78. The Hall–Kier alpha value is -1.09. The largest absolute Gasteiger partial charge is 0.397 e. The second-order valence-electron chi connectivity index (χ2n) is 4.43. The van der Waals surface area contributed by atoms with E-state index in [1.54, 1.807) is 6.20 Å². The minimum atomic E-state index is 0.462. The van der Waals surface area contributed by atoms with Crippen LogP contribution in [0.25, 0.3) is 0 Å². The number of aromatic nitrogens is 1. The van der Waals surface area contributed by atoms with Crippen molar-refractivity contribution in [3.05, 3.63) is 24.0 Å². The van der Waals surface area contributed by atoms with Crippen molar-refractivity contribution in [2.45, 2.75) is 44.6 Å². The van der Waals surface area contributed by atoms with Crippen LogP contribution >= 0.6 is 0 Å². The van der Waals surface area contributed by atoms with Crippen LogP contribution in [0, 0.1) is 0 Å². The Morgan fingerprint density at radius 2 is 2.12 bits per heavy atom. The lowest BCUT2D eigenvalue weighted by molar-refractivity contribution is 0.0328. The van der Waals surface area contributed by atoms with Gasteiger partial charge in [0.25, 0.3) is 0 Å². The van der Waals surface area contributed by atoms with Crippen LogP contribution in [-0.4, -0.2) is 17.7 Å². The number of nitrogen functional groups attached to an aromatic ring is 1. The Bertz CT molecular complexity index is 332. The highest BCUT2D eigenvalue weighted by atomic mass is 16.5. The van der Waals surface area contributed by atoms with Gasteiger partial charge in [-0.25, -0.2) is 0 Å². The minimum absolute atomic E-state index is 0.462. The molecule has 1 saturated carbocycles. The van der Waals surface area contributed by atoms with Gasteiger partial charge in [0, 0.05) is 12.8 Å². The molecule has 1 aromatic rings. The molecular weight excluding hydrogens is 200 g/mol. The van der Waals surface area contributed by atoms with Gasteiger partial charge in [0.1, 0.15) is 0 Å². The molecule has 3 nitrogen and oxygen atoms in total. The van der Waals surface area contributed by atoms with E-state index in [0.29, 0.717) is 12.0 Å². The Balaban J connectivity index is 1.96. The summed E-state index contributed by atoms with van der Waals surface area (Å²) in [6.07, 6.45) is 8.71. The molecule has 2 rings (SSSR count). The molecule has 1 fully saturated rings. The maximum Gasteiger partial charge on any atom is 0.0575 e. The molecule has 0 radical (unpaired) electrons. The zero-order chi connectivity index (χ0) is 11.4. The van der Waals surface area contributed by atoms with Gasteiger partial charge < -0.3 is 10.5 Å². The summed E-state index contributed by atoms with van der Waals surface area (Å²) in [6.45, 7) is 2.89. The van der Waals surface area contributed by atoms with Gasteiger partial charge in [-0.05, 0) is 50.2 Å². The Labute approximate surface area is 97.0 Å². The highest BCUT2D eigenvalue weighted by Crippen LogP contribution is 2.35. The number of rotatable bonds is 3. The fourth-order valence-corrected chi connectivity index (χ4v) is 2.57. The Morgan fingerprint density at radius 1 is 1.38 bits per heavy atom. The predicted octanol–water partition coefficient (Wildman–Crippen LogP) is 2.73. The molecule has 0 amide bonds. The molecule has 0 saturated heterocycles. The third-order valence-electron chi connectivity index (χ3n) is 3.40. The van der Waals surface area contributed by atoms with E-state index in [4.69, 9.17) is 10.5 Å². The van der Waals surface area contributed by atoms with E-state index in [2.05, 4.69) is 18.0 Å². The van der Waals surface area contributed by atoms with Crippen molar-refractivity contribution >= 4 is 5.69 Å². The van der Waals surface area contributed by atoms with E-state index in [9.17, 15) is 0 Å². The van der Waals surface area contributed by atoms with Gasteiger partial charge in [0.2, 0.25) is 0 Å². The zero-order valence-corrected chi connectivity index (χ0v) is 9.86. The van der Waals surface area contributed by atoms with E-state index < -0.39 is 0 Å². The highest BCUT2D eigenvalue weighted by Gasteiger charge is 2.23. The monoisotopic (exact) mass is 220 g/mol. The lowest BCUT2D eigenvalue weighted by Crippen LogP contribution is -2.21. The SMILES string of the molecule is CCOC1CCC(c2ccncc2N)CC1. The quantitative estimate of drug-likeness (QED) is 0.852. The maximum atomic E-state index is 5.95. The molecule has 1 aliphatic carbocycles. The average molecular weight is 220 g/mol. The van der Waals surface area contributed by atoms with Gasteiger partial charge in [-0.3, -0.25) is 4.98 Å². The normalized spacial score (nSPS) is 25.6. The van der Waals surface area contributed by atoms with Crippen molar-refractivity contribution in [3.63, 3.8) is 0 Å². The average Bonchev–Trinajstić information content (AvgIpc) is 2.31. The molecule has 0 atom stereocenters. The van der Waals surface area contributed by atoms with Gasteiger partial charge in [-0.2, -0.15) is 0 Å². The molecular formula is C13H20N2O. The van der Waals surface area contributed by atoms with E-state index in [0.717, 1.165) is 25.1 Å². The molecule has 88 valence electrons. The number of nitrogens with zero attached hydrogens (tertiary/aromatic N) is 1. The van der Waals surface area contributed by atoms with Crippen LogP contribution in [0.2, 0.25) is 0 Å². The lowest BCUT2D eigenvalue weighted by Gasteiger charge is -2.29. The molecule has 0 bridgehead atoms. The maximum absolute atomic E-state index is 5.95. The van der Waals surface area contributed by atoms with E-state index in [1.165, 1.54) is 18.4 Å². The molecule has 1 aromatic heterocycles. The summed E-state index contributed by atoms with van der Waals surface area (Å²) >= 11 is 0. The number of hydrogen-bond donors (Lipinski definition) is 1. The number of nitrogens with two attached hydrogens (primary N) is 1. The molecule has 0 spiro atoms. The fraction of sp³-hybridized carbons (Fsp3) is 0.615. The predicted molar refractivity (Wildman–Crippen MR) is 65.3 cm³/mol. The topological polar surface area (TPSA) is 48.1 Å². The van der Waals surface area contributed by atoms with Crippen LogP contribution in [0.3, 0.4) is 0 Å². The molecule has 3 heteroatoms. The molecule has 1 heterocycles. The first-order valence-electron chi connectivity index (χ1n) is 6.12. The van der Waals surface area contributed by atoms with Crippen LogP contribution in [0.1, 0.15) is 44.1 Å². The third-order valence-corrected chi connectivity index (χ3v) is 3.40. The molecule has 2 N–H and O–H groups in total. The van der Waals surface area contributed by atoms with Crippen LogP contribution in [0.5, 0.6) is 0 Å². The van der Waals surface area contributed by atoms with E-state index >= 15 is 0 Å². The van der Waals surface area contributed by atoms with Crippen molar-refractivity contribution in [2.75, 3.05) is 12.3 Å². The van der Waals surface area contributed by atoms with E-state index in [-0.39, 0.29) is 0 Å². The van der Waals surface area contributed by atoms with Crippen molar-refractivity contribution < 1.29 is 4.74 Å². The summed E-state index contributed by atoms with van der Waals surface area (Å²) in [6, 6.07) is 2.06. The van der Waals surface area contributed by atoms with Gasteiger partial charge in [0.15, 0.2) is 0 Å². The van der Waals surface area contributed by atoms with Crippen LogP contribution in [0.4, 0.5) is 5.69 Å². The highest BCUT2D eigenvalue weighted by molar-refractivity contribution is 5.46. The molecule has 16 heavy (non-hydrogen) atoms. The lowest BCUT2D eigenvalue weighted by atomic mass is 9.82. The summed E-state index contributed by atoms with van der Waals surface area (Å²) < 4.78 is 5.65. The first-order valence-corrected chi connectivity index (χ1v) is 6.12. The molecule has 1 aliphatic rings. The van der Waals surface area contributed by atoms with Crippen LogP contribution < -0.4 is 5.73 Å². The second kappa shape index (κ2) is 5.30. The molecule has 0 aromatic carbocycles. The zero-order valence-electron chi connectivity index (χ0n) is 9.86. The summed E-state index contributed by atoms with van der Waals surface area (Å²) in [7, 11) is 0. The number of hydrogen-bond acceptors (Lipinski definition) is 3. The number of ether oxygens (including phenoxy) is 1. The first kappa shape index (κ1) is 11.4. The fourth-order valence-electron chi connectivity index (χ4n) is 2.57. The van der Waals surface area contributed by atoms with Crippen molar-refractivity contribution in [1.82, 2.24) is 4.98 Å². The minimum Gasteiger partial charge on any atom is -0.397 e. The smallest absolute Gasteiger partial charge is 0.0575 e. The summed E-state index contributed by atoms with van der Waals surface area (Å²) in [5, 5.41) is 0. The van der Waals surface area contributed by atoms with Gasteiger partial charge in [-0.1, -0.05) is 0 Å². The third kappa shape index (κ3) is 2.53. The summed E-state index contributed by atoms with van der Waals surface area (Å²) in [5.41, 5.74) is 8.05. The van der Waals surface area contributed by atoms with Gasteiger partial charge >= 0.3 is 0 Å².